The van der Waals surface area contributed by atoms with E-state index < -0.39 is 17.6 Å². The summed E-state index contributed by atoms with van der Waals surface area (Å²) in [6.07, 6.45) is 2.49. The SMILES string of the molecule is CCC.CCc1cc(C)c(F)cc1C(=O)CC1CCC(=O)NC1=O. The minimum absolute atomic E-state index is 0.00855. The van der Waals surface area contributed by atoms with Crippen molar-refractivity contribution < 1.29 is 18.8 Å². The lowest BCUT2D eigenvalue weighted by Crippen LogP contribution is -2.41. The molecule has 1 heterocycles. The summed E-state index contributed by atoms with van der Waals surface area (Å²) in [4.78, 5) is 35.1. The van der Waals surface area contributed by atoms with E-state index in [1.807, 2.05) is 6.92 Å². The first-order chi connectivity index (χ1) is 11.3. The number of hydrogen-bond donors (Lipinski definition) is 1. The molecule has 1 saturated heterocycles. The zero-order valence-electron chi connectivity index (χ0n) is 14.9. The molecule has 0 saturated carbocycles. The molecule has 0 radical (unpaired) electrons. The van der Waals surface area contributed by atoms with Crippen molar-refractivity contribution in [2.45, 2.75) is 59.8 Å². The summed E-state index contributed by atoms with van der Waals surface area (Å²) >= 11 is 0. The van der Waals surface area contributed by atoms with E-state index in [4.69, 9.17) is 0 Å². The lowest BCUT2D eigenvalue weighted by Gasteiger charge is -2.20. The van der Waals surface area contributed by atoms with Crippen LogP contribution in [0, 0.1) is 18.7 Å². The molecule has 1 N–H and O–H groups in total. The third kappa shape index (κ3) is 5.25. The summed E-state index contributed by atoms with van der Waals surface area (Å²) in [5.74, 6) is -1.90. The molecule has 1 aliphatic rings. The van der Waals surface area contributed by atoms with E-state index in [0.717, 1.165) is 5.56 Å². The van der Waals surface area contributed by atoms with Crippen molar-refractivity contribution in [3.8, 4) is 0 Å². The summed E-state index contributed by atoms with van der Waals surface area (Å²) in [5.41, 5.74) is 1.63. The van der Waals surface area contributed by atoms with E-state index in [0.29, 0.717) is 24.0 Å². The van der Waals surface area contributed by atoms with E-state index in [-0.39, 0.29) is 24.5 Å². The number of piperidine rings is 1. The smallest absolute Gasteiger partial charge is 0.230 e. The Balaban J connectivity index is 0.000000891. The maximum Gasteiger partial charge on any atom is 0.230 e. The largest absolute Gasteiger partial charge is 0.296 e. The number of nitrogens with one attached hydrogen (secondary N) is 1. The third-order valence-electron chi connectivity index (χ3n) is 3.85. The molecule has 132 valence electrons. The molecule has 2 rings (SSSR count). The van der Waals surface area contributed by atoms with Crippen LogP contribution in [0.25, 0.3) is 0 Å². The third-order valence-corrected chi connectivity index (χ3v) is 3.85. The van der Waals surface area contributed by atoms with E-state index in [2.05, 4.69) is 19.2 Å². The number of benzene rings is 1. The minimum atomic E-state index is -0.510. The van der Waals surface area contributed by atoms with Gasteiger partial charge in [0.15, 0.2) is 5.78 Å². The van der Waals surface area contributed by atoms with Crippen LogP contribution in [0.1, 0.15) is 67.9 Å². The first-order valence-electron chi connectivity index (χ1n) is 8.49. The topological polar surface area (TPSA) is 63.2 Å². The van der Waals surface area contributed by atoms with Crippen LogP contribution in [0.2, 0.25) is 0 Å². The molecule has 0 aromatic heterocycles. The molecule has 24 heavy (non-hydrogen) atoms. The van der Waals surface area contributed by atoms with E-state index in [1.165, 1.54) is 12.5 Å². The second-order valence-corrected chi connectivity index (χ2v) is 6.09. The quantitative estimate of drug-likeness (QED) is 0.673. The number of ketones is 1. The monoisotopic (exact) mass is 335 g/mol. The van der Waals surface area contributed by atoms with Crippen molar-refractivity contribution in [2.75, 3.05) is 0 Å². The molecule has 0 spiro atoms. The number of Topliss-reactive ketones (excluding diaryl/α,β-unsaturated/α-hetero) is 1. The van der Waals surface area contributed by atoms with Crippen LogP contribution >= 0.6 is 0 Å². The molecule has 2 amide bonds. The Labute approximate surface area is 142 Å². The molecule has 1 atom stereocenters. The fourth-order valence-electron chi connectivity index (χ4n) is 2.56. The average Bonchev–Trinajstić information content (AvgIpc) is 2.53. The Kier molecular flexibility index (Phi) is 7.75. The average molecular weight is 335 g/mol. The normalized spacial score (nSPS) is 17.0. The van der Waals surface area contributed by atoms with Gasteiger partial charge in [0.1, 0.15) is 5.82 Å². The number of rotatable bonds is 4. The summed E-state index contributed by atoms with van der Waals surface area (Å²) in [7, 11) is 0. The van der Waals surface area contributed by atoms with Gasteiger partial charge in [-0.1, -0.05) is 33.3 Å². The molecule has 1 aliphatic heterocycles. The van der Waals surface area contributed by atoms with Gasteiger partial charge in [0.25, 0.3) is 0 Å². The van der Waals surface area contributed by atoms with Gasteiger partial charge in [-0.25, -0.2) is 4.39 Å². The number of carbonyl (C=O) groups is 3. The molecule has 1 unspecified atom stereocenters. The van der Waals surface area contributed by atoms with Gasteiger partial charge in [0.2, 0.25) is 11.8 Å². The van der Waals surface area contributed by atoms with E-state index in [9.17, 15) is 18.8 Å². The van der Waals surface area contributed by atoms with Crippen LogP contribution < -0.4 is 5.32 Å². The second-order valence-electron chi connectivity index (χ2n) is 6.09. The summed E-state index contributed by atoms with van der Waals surface area (Å²) < 4.78 is 13.7. The summed E-state index contributed by atoms with van der Waals surface area (Å²) in [5, 5.41) is 2.23. The summed E-state index contributed by atoms with van der Waals surface area (Å²) in [6.45, 7) is 7.80. The second kappa shape index (κ2) is 9.30. The van der Waals surface area contributed by atoms with Crippen LogP contribution in [-0.4, -0.2) is 17.6 Å². The molecular weight excluding hydrogens is 309 g/mol. The zero-order chi connectivity index (χ0) is 18.3. The minimum Gasteiger partial charge on any atom is -0.296 e. The van der Waals surface area contributed by atoms with Gasteiger partial charge >= 0.3 is 0 Å². The van der Waals surface area contributed by atoms with Crippen LogP contribution in [-0.2, 0) is 16.0 Å². The number of halogens is 1. The molecule has 4 nitrogen and oxygen atoms in total. The summed E-state index contributed by atoms with van der Waals surface area (Å²) in [6, 6.07) is 2.93. The lowest BCUT2D eigenvalue weighted by atomic mass is 9.88. The van der Waals surface area contributed by atoms with Crippen molar-refractivity contribution in [1.29, 1.82) is 0 Å². The van der Waals surface area contributed by atoms with Gasteiger partial charge in [-0.05, 0) is 37.0 Å². The number of hydrogen-bond acceptors (Lipinski definition) is 3. The van der Waals surface area contributed by atoms with Crippen molar-refractivity contribution in [2.24, 2.45) is 5.92 Å². The Bertz CT molecular complexity index is 625. The molecule has 1 fully saturated rings. The zero-order valence-corrected chi connectivity index (χ0v) is 14.9. The Morgan fingerprint density at radius 3 is 2.42 bits per heavy atom. The Hall–Kier alpha value is -2.04. The highest BCUT2D eigenvalue weighted by atomic mass is 19.1. The van der Waals surface area contributed by atoms with Crippen LogP contribution in [0.5, 0.6) is 0 Å². The predicted octanol–water partition coefficient (Wildman–Crippen LogP) is 3.74. The first kappa shape index (κ1) is 20.0. The highest BCUT2D eigenvalue weighted by Gasteiger charge is 2.29. The number of imide groups is 1. The van der Waals surface area contributed by atoms with Gasteiger partial charge in [0, 0.05) is 24.3 Å². The van der Waals surface area contributed by atoms with Gasteiger partial charge in [0.05, 0.1) is 0 Å². The first-order valence-corrected chi connectivity index (χ1v) is 8.49. The van der Waals surface area contributed by atoms with E-state index >= 15 is 0 Å². The van der Waals surface area contributed by atoms with E-state index in [1.54, 1.807) is 13.0 Å². The molecule has 0 bridgehead atoms. The predicted molar refractivity (Wildman–Crippen MR) is 91.3 cm³/mol. The van der Waals surface area contributed by atoms with Gasteiger partial charge in [-0.3, -0.25) is 19.7 Å². The molecule has 1 aromatic rings. The standard InChI is InChI=1S/C16H18FNO3.C3H8/c1-3-10-6-9(2)13(17)8-12(10)14(19)7-11-4-5-15(20)18-16(11)21;1-3-2/h6,8,11H,3-5,7H2,1-2H3,(H,18,20,21);3H2,1-2H3. The highest BCUT2D eigenvalue weighted by Crippen LogP contribution is 2.23. The van der Waals surface area contributed by atoms with Crippen molar-refractivity contribution in [3.63, 3.8) is 0 Å². The highest BCUT2D eigenvalue weighted by molar-refractivity contribution is 6.03. The molecule has 0 aliphatic carbocycles. The number of aryl methyl sites for hydroxylation is 2. The Morgan fingerprint density at radius 2 is 1.88 bits per heavy atom. The molecule has 1 aromatic carbocycles. The fraction of sp³-hybridized carbons (Fsp3) is 0.526. The lowest BCUT2D eigenvalue weighted by molar-refractivity contribution is -0.136. The molecule has 5 heteroatoms. The van der Waals surface area contributed by atoms with Gasteiger partial charge in [-0.2, -0.15) is 0 Å². The number of amides is 2. The van der Waals surface area contributed by atoms with Crippen LogP contribution in [0.15, 0.2) is 12.1 Å². The number of carbonyl (C=O) groups excluding carboxylic acids is 3. The van der Waals surface area contributed by atoms with Crippen molar-refractivity contribution >= 4 is 17.6 Å². The maximum absolute atomic E-state index is 13.7. The fourth-order valence-corrected chi connectivity index (χ4v) is 2.56. The van der Waals surface area contributed by atoms with Gasteiger partial charge in [-0.15, -0.1) is 0 Å². The van der Waals surface area contributed by atoms with Gasteiger partial charge < -0.3 is 0 Å². The molecular formula is C19H26FNO3. The van der Waals surface area contributed by atoms with Crippen molar-refractivity contribution in [1.82, 2.24) is 5.32 Å². The van der Waals surface area contributed by atoms with Crippen LogP contribution in [0.4, 0.5) is 4.39 Å². The van der Waals surface area contributed by atoms with Crippen LogP contribution in [0.3, 0.4) is 0 Å². The van der Waals surface area contributed by atoms with Crippen molar-refractivity contribution in [3.05, 3.63) is 34.6 Å². The Morgan fingerprint density at radius 1 is 1.25 bits per heavy atom. The maximum atomic E-state index is 13.7.